The van der Waals surface area contributed by atoms with Gasteiger partial charge in [0.2, 0.25) is 0 Å². The lowest BCUT2D eigenvalue weighted by Crippen LogP contribution is -2.34. The van der Waals surface area contributed by atoms with Crippen LogP contribution < -0.4 is 14.4 Å². The molecule has 4 rings (SSSR count). The Bertz CT molecular complexity index is 827. The number of anilines is 1. The van der Waals surface area contributed by atoms with E-state index in [2.05, 4.69) is 28.1 Å². The van der Waals surface area contributed by atoms with Crippen LogP contribution in [0.2, 0.25) is 0 Å². The molecule has 2 aliphatic rings. The van der Waals surface area contributed by atoms with E-state index in [9.17, 15) is 0 Å². The van der Waals surface area contributed by atoms with Crippen LogP contribution in [0.1, 0.15) is 37.7 Å². The van der Waals surface area contributed by atoms with Gasteiger partial charge in [0.05, 0.1) is 31.8 Å². The van der Waals surface area contributed by atoms with Gasteiger partial charge in [0.15, 0.2) is 7.98 Å². The van der Waals surface area contributed by atoms with E-state index in [-0.39, 0.29) is 0 Å². The standard InChI is InChI=1S/C25H34BN3O3/c1-30-24-6-4-21(5-7-24)18-31-14-10-20-8-12-28(13-9-20)23-15-25(17-27-16-23)32-19-22-3-2-11-29(22)26/h4-7,15-17,20,22H,2-3,8-14,18-19H2,1H3/t22-/m0/s1. The van der Waals surface area contributed by atoms with Crippen molar-refractivity contribution < 1.29 is 14.2 Å². The van der Waals surface area contributed by atoms with Crippen molar-refractivity contribution in [3.8, 4) is 11.5 Å². The van der Waals surface area contributed by atoms with Crippen LogP contribution in [0.25, 0.3) is 0 Å². The van der Waals surface area contributed by atoms with Crippen molar-refractivity contribution in [3.05, 3.63) is 48.3 Å². The monoisotopic (exact) mass is 435 g/mol. The Hall–Kier alpha value is -2.25. The summed E-state index contributed by atoms with van der Waals surface area (Å²) in [7, 11) is 7.69. The average Bonchev–Trinajstić information content (AvgIpc) is 3.26. The zero-order valence-corrected chi connectivity index (χ0v) is 19.1. The Morgan fingerprint density at radius 2 is 1.84 bits per heavy atom. The Kier molecular flexibility index (Phi) is 8.29. The minimum atomic E-state index is 0.307. The molecule has 2 radical (unpaired) electrons. The normalized spacial score (nSPS) is 19.9. The Balaban J connectivity index is 1.16. The molecule has 6 nitrogen and oxygen atoms in total. The maximum Gasteiger partial charge on any atom is 0.183 e. The fourth-order valence-corrected chi connectivity index (χ4v) is 4.53. The molecule has 170 valence electrons. The van der Waals surface area contributed by atoms with Gasteiger partial charge < -0.3 is 23.9 Å². The van der Waals surface area contributed by atoms with Crippen LogP contribution in [0.4, 0.5) is 5.69 Å². The molecule has 0 amide bonds. The number of ether oxygens (including phenoxy) is 3. The first kappa shape index (κ1) is 22.9. The van der Waals surface area contributed by atoms with Crippen LogP contribution >= 0.6 is 0 Å². The van der Waals surface area contributed by atoms with E-state index in [1.54, 1.807) is 13.3 Å². The molecule has 2 saturated heterocycles. The van der Waals surface area contributed by atoms with Gasteiger partial charge in [0.25, 0.3) is 0 Å². The summed E-state index contributed by atoms with van der Waals surface area (Å²) in [6, 6.07) is 10.5. The summed E-state index contributed by atoms with van der Waals surface area (Å²) in [6.45, 7) is 5.14. The van der Waals surface area contributed by atoms with Gasteiger partial charge in [-0.3, -0.25) is 4.98 Å². The summed E-state index contributed by atoms with van der Waals surface area (Å²) in [5.41, 5.74) is 2.33. The average molecular weight is 435 g/mol. The van der Waals surface area contributed by atoms with E-state index < -0.39 is 0 Å². The molecule has 0 unspecified atom stereocenters. The quantitative estimate of drug-likeness (QED) is 0.418. The van der Waals surface area contributed by atoms with Crippen molar-refractivity contribution in [2.45, 2.75) is 44.8 Å². The van der Waals surface area contributed by atoms with Gasteiger partial charge in [-0.05, 0) is 62.3 Å². The van der Waals surface area contributed by atoms with Gasteiger partial charge in [-0.1, -0.05) is 12.1 Å². The van der Waals surface area contributed by atoms with Crippen LogP contribution in [0.5, 0.6) is 11.5 Å². The molecule has 2 aromatic rings. The highest BCUT2D eigenvalue weighted by Gasteiger charge is 2.22. The zero-order chi connectivity index (χ0) is 22.2. The van der Waals surface area contributed by atoms with Gasteiger partial charge >= 0.3 is 0 Å². The lowest BCUT2D eigenvalue weighted by molar-refractivity contribution is 0.104. The lowest BCUT2D eigenvalue weighted by atomic mass is 9.94. The van der Waals surface area contributed by atoms with E-state index >= 15 is 0 Å². The van der Waals surface area contributed by atoms with E-state index in [0.29, 0.717) is 25.2 Å². The number of hydrogen-bond acceptors (Lipinski definition) is 6. The van der Waals surface area contributed by atoms with Crippen molar-refractivity contribution in [3.63, 3.8) is 0 Å². The van der Waals surface area contributed by atoms with Gasteiger partial charge in [-0.25, -0.2) is 0 Å². The summed E-state index contributed by atoms with van der Waals surface area (Å²) in [4.78, 5) is 8.71. The topological polar surface area (TPSA) is 47.1 Å². The highest BCUT2D eigenvalue weighted by atomic mass is 16.5. The van der Waals surface area contributed by atoms with E-state index in [0.717, 1.165) is 62.7 Å². The first-order chi connectivity index (χ1) is 15.7. The number of benzene rings is 1. The molecule has 3 heterocycles. The van der Waals surface area contributed by atoms with E-state index in [1.807, 2.05) is 23.1 Å². The number of aromatic nitrogens is 1. The van der Waals surface area contributed by atoms with E-state index in [1.165, 1.54) is 18.4 Å². The maximum absolute atomic E-state index is 6.00. The van der Waals surface area contributed by atoms with Crippen LogP contribution in [-0.4, -0.2) is 63.8 Å². The zero-order valence-electron chi connectivity index (χ0n) is 19.1. The van der Waals surface area contributed by atoms with Crippen molar-refractivity contribution >= 4 is 13.7 Å². The van der Waals surface area contributed by atoms with Gasteiger partial charge in [-0.15, -0.1) is 0 Å². The lowest BCUT2D eigenvalue weighted by Gasteiger charge is -2.33. The number of rotatable bonds is 10. The number of pyridine rings is 1. The SMILES string of the molecule is [B]N1CCC[C@H]1COc1cncc(N2CCC(CCOCc3ccc(OC)cc3)CC2)c1. The smallest absolute Gasteiger partial charge is 0.183 e. The summed E-state index contributed by atoms with van der Waals surface area (Å²) in [6.07, 6.45) is 9.46. The number of piperidine rings is 1. The predicted molar refractivity (Wildman–Crippen MR) is 127 cm³/mol. The third kappa shape index (κ3) is 6.39. The summed E-state index contributed by atoms with van der Waals surface area (Å²) >= 11 is 0. The highest BCUT2D eigenvalue weighted by Crippen LogP contribution is 2.27. The molecule has 1 atom stereocenters. The highest BCUT2D eigenvalue weighted by molar-refractivity contribution is 6.04. The molecule has 1 aromatic heterocycles. The second-order valence-corrected chi connectivity index (χ2v) is 8.84. The molecule has 0 aliphatic carbocycles. The predicted octanol–water partition coefficient (Wildman–Crippen LogP) is 3.84. The first-order valence-electron chi connectivity index (χ1n) is 11.8. The second-order valence-electron chi connectivity index (χ2n) is 8.84. The van der Waals surface area contributed by atoms with Gasteiger partial charge in [0.1, 0.15) is 18.1 Å². The molecule has 7 heteroatoms. The maximum atomic E-state index is 6.00. The molecule has 0 saturated carbocycles. The fourth-order valence-electron chi connectivity index (χ4n) is 4.53. The van der Waals surface area contributed by atoms with Gasteiger partial charge in [-0.2, -0.15) is 0 Å². The largest absolute Gasteiger partial charge is 0.497 e. The summed E-state index contributed by atoms with van der Waals surface area (Å²) in [5, 5.41) is 0. The summed E-state index contributed by atoms with van der Waals surface area (Å²) < 4.78 is 17.1. The minimum Gasteiger partial charge on any atom is -0.497 e. The van der Waals surface area contributed by atoms with Crippen molar-refractivity contribution in [1.29, 1.82) is 0 Å². The molecular formula is C25H34BN3O3. The van der Waals surface area contributed by atoms with Crippen molar-refractivity contribution in [2.24, 2.45) is 5.92 Å². The molecule has 1 aromatic carbocycles. The third-order valence-corrected chi connectivity index (χ3v) is 6.64. The number of methoxy groups -OCH3 is 1. The fraction of sp³-hybridized carbons (Fsp3) is 0.560. The molecule has 2 fully saturated rings. The summed E-state index contributed by atoms with van der Waals surface area (Å²) in [5.74, 6) is 2.42. The minimum absolute atomic E-state index is 0.307. The first-order valence-corrected chi connectivity index (χ1v) is 11.8. The van der Waals surface area contributed by atoms with Crippen LogP contribution in [-0.2, 0) is 11.3 Å². The number of nitrogens with zero attached hydrogens (tertiary/aromatic N) is 3. The van der Waals surface area contributed by atoms with Gasteiger partial charge in [0, 0.05) is 31.8 Å². The Labute approximate surface area is 193 Å². The van der Waals surface area contributed by atoms with Crippen LogP contribution in [0.15, 0.2) is 42.7 Å². The third-order valence-electron chi connectivity index (χ3n) is 6.64. The second kappa shape index (κ2) is 11.6. The molecule has 32 heavy (non-hydrogen) atoms. The van der Waals surface area contributed by atoms with Crippen molar-refractivity contribution in [2.75, 3.05) is 44.9 Å². The Morgan fingerprint density at radius 3 is 2.56 bits per heavy atom. The molecule has 0 spiro atoms. The van der Waals surface area contributed by atoms with Crippen LogP contribution in [0, 0.1) is 5.92 Å². The molecule has 2 aliphatic heterocycles. The number of hydrogen-bond donors (Lipinski definition) is 0. The van der Waals surface area contributed by atoms with E-state index in [4.69, 9.17) is 22.2 Å². The Morgan fingerprint density at radius 1 is 1.03 bits per heavy atom. The molecule has 0 N–H and O–H groups in total. The van der Waals surface area contributed by atoms with Crippen LogP contribution in [0.3, 0.4) is 0 Å². The van der Waals surface area contributed by atoms with Crippen molar-refractivity contribution in [1.82, 2.24) is 9.79 Å². The molecule has 0 bridgehead atoms. The molecular weight excluding hydrogens is 401 g/mol.